The van der Waals surface area contributed by atoms with E-state index in [4.69, 9.17) is 0 Å². The molecule has 0 amide bonds. The van der Waals surface area contributed by atoms with Gasteiger partial charge >= 0.3 is 0 Å². The van der Waals surface area contributed by atoms with Gasteiger partial charge in [-0.15, -0.1) is 0 Å². The van der Waals surface area contributed by atoms with Gasteiger partial charge in [0.15, 0.2) is 0 Å². The van der Waals surface area contributed by atoms with E-state index in [1.54, 1.807) is 0 Å². The van der Waals surface area contributed by atoms with Crippen LogP contribution in [0.25, 0.3) is 0 Å². The standard InChI is InChI=1S/C14H20N2/c1-10(2)8-16-11(3)7-13(12(16)4)14(9-15)5-6-14/h7,10H,5-6,8H2,1-4H3. The second-order valence-corrected chi connectivity index (χ2v) is 5.48. The molecule has 2 heteroatoms. The third kappa shape index (κ3) is 1.65. The molecule has 0 radical (unpaired) electrons. The summed E-state index contributed by atoms with van der Waals surface area (Å²) in [6.07, 6.45) is 2.07. The van der Waals surface area contributed by atoms with Crippen LogP contribution < -0.4 is 0 Å². The first-order valence-corrected chi connectivity index (χ1v) is 6.08. The summed E-state index contributed by atoms with van der Waals surface area (Å²) in [5.74, 6) is 0.648. The monoisotopic (exact) mass is 216 g/mol. The molecule has 0 bridgehead atoms. The fraction of sp³-hybridized carbons (Fsp3) is 0.643. The summed E-state index contributed by atoms with van der Waals surface area (Å²) < 4.78 is 2.36. The molecule has 0 unspecified atom stereocenters. The quantitative estimate of drug-likeness (QED) is 0.762. The van der Waals surface area contributed by atoms with E-state index < -0.39 is 0 Å². The smallest absolute Gasteiger partial charge is 0.0841 e. The summed E-state index contributed by atoms with van der Waals surface area (Å²) >= 11 is 0. The fourth-order valence-corrected chi connectivity index (χ4v) is 2.50. The van der Waals surface area contributed by atoms with Crippen molar-refractivity contribution in [3.05, 3.63) is 23.0 Å². The predicted octanol–water partition coefficient (Wildman–Crippen LogP) is 3.32. The molecule has 0 aromatic carbocycles. The van der Waals surface area contributed by atoms with Gasteiger partial charge in [0.25, 0.3) is 0 Å². The van der Waals surface area contributed by atoms with Gasteiger partial charge in [0.05, 0.1) is 11.5 Å². The van der Waals surface area contributed by atoms with Crippen molar-refractivity contribution in [2.45, 2.75) is 52.5 Å². The maximum Gasteiger partial charge on any atom is 0.0841 e. The second kappa shape index (κ2) is 3.66. The number of nitriles is 1. The van der Waals surface area contributed by atoms with Gasteiger partial charge in [-0.3, -0.25) is 0 Å². The number of rotatable bonds is 3. The van der Waals surface area contributed by atoms with Gasteiger partial charge in [-0.1, -0.05) is 13.8 Å². The van der Waals surface area contributed by atoms with E-state index in [1.165, 1.54) is 17.0 Å². The molecule has 0 saturated heterocycles. The Morgan fingerprint density at radius 2 is 2.06 bits per heavy atom. The molecule has 1 aliphatic carbocycles. The fourth-order valence-electron chi connectivity index (χ4n) is 2.50. The van der Waals surface area contributed by atoms with Crippen molar-refractivity contribution in [1.29, 1.82) is 5.26 Å². The molecule has 2 rings (SSSR count). The van der Waals surface area contributed by atoms with Crippen molar-refractivity contribution in [3.63, 3.8) is 0 Å². The first kappa shape index (κ1) is 11.3. The van der Waals surface area contributed by atoms with Crippen LogP contribution in [0.1, 0.15) is 43.6 Å². The first-order valence-electron chi connectivity index (χ1n) is 6.08. The number of aryl methyl sites for hydroxylation is 1. The highest BCUT2D eigenvalue weighted by molar-refractivity contribution is 5.44. The SMILES string of the molecule is Cc1cc(C2(C#N)CC2)c(C)n1CC(C)C. The van der Waals surface area contributed by atoms with Gasteiger partial charge in [0, 0.05) is 17.9 Å². The lowest BCUT2D eigenvalue weighted by atomic mass is 9.98. The minimum Gasteiger partial charge on any atom is -0.349 e. The summed E-state index contributed by atoms with van der Waals surface area (Å²) in [7, 11) is 0. The van der Waals surface area contributed by atoms with Crippen LogP contribution in [0.3, 0.4) is 0 Å². The highest BCUT2D eigenvalue weighted by Gasteiger charge is 2.46. The normalized spacial score (nSPS) is 17.5. The van der Waals surface area contributed by atoms with E-state index in [9.17, 15) is 5.26 Å². The van der Waals surface area contributed by atoms with Crippen molar-refractivity contribution >= 4 is 0 Å². The van der Waals surface area contributed by atoms with E-state index in [1.807, 2.05) is 0 Å². The van der Waals surface area contributed by atoms with Crippen LogP contribution in [-0.4, -0.2) is 4.57 Å². The Hall–Kier alpha value is -1.23. The molecule has 0 atom stereocenters. The zero-order valence-corrected chi connectivity index (χ0v) is 10.7. The van der Waals surface area contributed by atoms with Gasteiger partial charge < -0.3 is 4.57 Å². The Labute approximate surface area is 97.9 Å². The minimum absolute atomic E-state index is 0.142. The van der Waals surface area contributed by atoms with Gasteiger partial charge in [0.2, 0.25) is 0 Å². The lowest BCUT2D eigenvalue weighted by molar-refractivity contribution is 0.508. The van der Waals surface area contributed by atoms with Crippen molar-refractivity contribution in [3.8, 4) is 6.07 Å². The van der Waals surface area contributed by atoms with E-state index >= 15 is 0 Å². The second-order valence-electron chi connectivity index (χ2n) is 5.48. The molecule has 1 heterocycles. The first-order chi connectivity index (χ1) is 7.50. The Kier molecular flexibility index (Phi) is 2.58. The molecule has 1 aromatic heterocycles. The zero-order chi connectivity index (χ0) is 11.9. The van der Waals surface area contributed by atoms with Gasteiger partial charge in [-0.2, -0.15) is 5.26 Å². The van der Waals surface area contributed by atoms with Crippen LogP contribution in [0, 0.1) is 31.1 Å². The van der Waals surface area contributed by atoms with Crippen LogP contribution >= 0.6 is 0 Å². The molecule has 1 aliphatic rings. The van der Waals surface area contributed by atoms with E-state index in [-0.39, 0.29) is 5.41 Å². The van der Waals surface area contributed by atoms with E-state index in [0.717, 1.165) is 19.4 Å². The number of nitrogens with zero attached hydrogens (tertiary/aromatic N) is 2. The van der Waals surface area contributed by atoms with Crippen LogP contribution in [0.5, 0.6) is 0 Å². The van der Waals surface area contributed by atoms with Crippen LogP contribution in [0.2, 0.25) is 0 Å². The van der Waals surface area contributed by atoms with Crippen molar-refractivity contribution in [2.75, 3.05) is 0 Å². The molecule has 86 valence electrons. The van der Waals surface area contributed by atoms with Crippen LogP contribution in [0.15, 0.2) is 6.07 Å². The third-order valence-corrected chi connectivity index (χ3v) is 3.60. The lowest BCUT2D eigenvalue weighted by Crippen LogP contribution is -2.10. The average Bonchev–Trinajstić information content (AvgIpc) is 2.97. The molecule has 1 aromatic rings. The molecule has 0 aliphatic heterocycles. The largest absolute Gasteiger partial charge is 0.349 e. The van der Waals surface area contributed by atoms with Gasteiger partial charge in [-0.25, -0.2) is 0 Å². The highest BCUT2D eigenvalue weighted by atomic mass is 15.0. The van der Waals surface area contributed by atoms with Crippen molar-refractivity contribution < 1.29 is 0 Å². The molecular weight excluding hydrogens is 196 g/mol. The maximum absolute atomic E-state index is 9.26. The highest BCUT2D eigenvalue weighted by Crippen LogP contribution is 2.49. The van der Waals surface area contributed by atoms with Gasteiger partial charge in [-0.05, 0) is 44.2 Å². The molecule has 1 saturated carbocycles. The Balaban J connectivity index is 2.40. The molecule has 0 N–H and O–H groups in total. The summed E-state index contributed by atoms with van der Waals surface area (Å²) in [5.41, 5.74) is 3.72. The molecule has 0 spiro atoms. The summed E-state index contributed by atoms with van der Waals surface area (Å²) in [5, 5.41) is 9.26. The number of hydrogen-bond donors (Lipinski definition) is 0. The molecule has 2 nitrogen and oxygen atoms in total. The molecule has 1 fully saturated rings. The van der Waals surface area contributed by atoms with E-state index in [0.29, 0.717) is 5.92 Å². The Morgan fingerprint density at radius 3 is 2.50 bits per heavy atom. The number of hydrogen-bond acceptors (Lipinski definition) is 1. The Bertz CT molecular complexity index is 442. The Morgan fingerprint density at radius 1 is 1.44 bits per heavy atom. The average molecular weight is 216 g/mol. The summed E-state index contributed by atoms with van der Waals surface area (Å²) in [6.45, 7) is 9.82. The molecule has 16 heavy (non-hydrogen) atoms. The lowest BCUT2D eigenvalue weighted by Gasteiger charge is -2.13. The minimum atomic E-state index is -0.142. The maximum atomic E-state index is 9.26. The zero-order valence-electron chi connectivity index (χ0n) is 10.7. The van der Waals surface area contributed by atoms with Gasteiger partial charge in [0.1, 0.15) is 0 Å². The van der Waals surface area contributed by atoms with Crippen LogP contribution in [0.4, 0.5) is 0 Å². The van der Waals surface area contributed by atoms with Crippen molar-refractivity contribution in [2.24, 2.45) is 5.92 Å². The van der Waals surface area contributed by atoms with Crippen molar-refractivity contribution in [1.82, 2.24) is 4.57 Å². The number of aromatic nitrogens is 1. The molecular formula is C14H20N2. The summed E-state index contributed by atoms with van der Waals surface area (Å²) in [6, 6.07) is 4.71. The van der Waals surface area contributed by atoms with Crippen LogP contribution in [-0.2, 0) is 12.0 Å². The third-order valence-electron chi connectivity index (χ3n) is 3.60. The predicted molar refractivity (Wildman–Crippen MR) is 65.3 cm³/mol. The topological polar surface area (TPSA) is 28.7 Å². The summed E-state index contributed by atoms with van der Waals surface area (Å²) in [4.78, 5) is 0. The van der Waals surface area contributed by atoms with E-state index in [2.05, 4.69) is 44.4 Å².